The molecule has 1 aromatic heterocycles. The number of thiophene rings is 1. The van der Waals surface area contributed by atoms with Crippen molar-refractivity contribution < 1.29 is 13.2 Å². The van der Waals surface area contributed by atoms with Gasteiger partial charge in [0.25, 0.3) is 5.91 Å². The Morgan fingerprint density at radius 3 is 2.67 bits per heavy atom. The van der Waals surface area contributed by atoms with Crippen LogP contribution in [0.25, 0.3) is 0 Å². The van der Waals surface area contributed by atoms with Crippen LogP contribution in [0.4, 0.5) is 5.69 Å². The van der Waals surface area contributed by atoms with Crippen molar-refractivity contribution in [3.05, 3.63) is 51.7 Å². The number of hydrogen-bond donors (Lipinski definition) is 2. The number of hydrogen-bond acceptors (Lipinski definition) is 4. The lowest BCUT2D eigenvalue weighted by atomic mass is 10.1. The largest absolute Gasteiger partial charge is 0.347 e. The Labute approximate surface area is 128 Å². The van der Waals surface area contributed by atoms with Gasteiger partial charge in [0.2, 0.25) is 10.0 Å². The smallest absolute Gasteiger partial charge is 0.253 e. The normalized spacial score (nSPS) is 11.1. The Bertz CT molecular complexity index is 738. The number of sulfonamides is 1. The lowest BCUT2D eigenvalue weighted by Gasteiger charge is -2.11. The molecule has 0 bridgehead atoms. The number of carbonyl (C=O) groups excluding carboxylic acids is 1. The molecule has 0 radical (unpaired) electrons. The van der Waals surface area contributed by atoms with E-state index in [1.165, 1.54) is 0 Å². The number of anilines is 1. The highest BCUT2D eigenvalue weighted by atomic mass is 32.2. The van der Waals surface area contributed by atoms with Gasteiger partial charge in [0.15, 0.2) is 0 Å². The first-order valence-corrected chi connectivity index (χ1v) is 9.01. The van der Waals surface area contributed by atoms with E-state index in [0.717, 1.165) is 16.7 Å². The number of carbonyl (C=O) groups is 1. The SMILES string of the molecule is Cc1ccc(NS(C)(=O)=O)c(C(=O)NCc2cccs2)c1. The summed E-state index contributed by atoms with van der Waals surface area (Å²) in [5.41, 5.74) is 1.49. The molecular weight excluding hydrogens is 308 g/mol. The number of nitrogens with one attached hydrogen (secondary N) is 2. The third-order valence-electron chi connectivity index (χ3n) is 2.72. The predicted octanol–water partition coefficient (Wildman–Crippen LogP) is 2.36. The molecule has 2 N–H and O–H groups in total. The molecule has 1 heterocycles. The molecule has 2 aromatic rings. The van der Waals surface area contributed by atoms with Gasteiger partial charge in [0.1, 0.15) is 0 Å². The zero-order valence-electron chi connectivity index (χ0n) is 11.7. The van der Waals surface area contributed by atoms with Crippen molar-refractivity contribution in [3.8, 4) is 0 Å². The van der Waals surface area contributed by atoms with Crippen LogP contribution < -0.4 is 10.0 Å². The van der Waals surface area contributed by atoms with E-state index in [1.54, 1.807) is 29.5 Å². The highest BCUT2D eigenvalue weighted by Crippen LogP contribution is 2.19. The van der Waals surface area contributed by atoms with Crippen molar-refractivity contribution in [1.29, 1.82) is 0 Å². The summed E-state index contributed by atoms with van der Waals surface area (Å²) in [5.74, 6) is -0.307. The van der Waals surface area contributed by atoms with Gasteiger partial charge >= 0.3 is 0 Å². The van der Waals surface area contributed by atoms with Crippen molar-refractivity contribution in [3.63, 3.8) is 0 Å². The lowest BCUT2D eigenvalue weighted by Crippen LogP contribution is -2.24. The summed E-state index contributed by atoms with van der Waals surface area (Å²) in [6, 6.07) is 8.85. The lowest BCUT2D eigenvalue weighted by molar-refractivity contribution is 0.0952. The fraction of sp³-hybridized carbons (Fsp3) is 0.214. The van der Waals surface area contributed by atoms with E-state index < -0.39 is 10.0 Å². The zero-order valence-corrected chi connectivity index (χ0v) is 13.3. The predicted molar refractivity (Wildman–Crippen MR) is 85.1 cm³/mol. The third-order valence-corrected chi connectivity index (χ3v) is 4.19. The molecule has 0 atom stereocenters. The topological polar surface area (TPSA) is 75.3 Å². The number of benzene rings is 1. The number of amides is 1. The summed E-state index contributed by atoms with van der Waals surface area (Å²) in [4.78, 5) is 13.3. The molecule has 0 saturated heterocycles. The first kappa shape index (κ1) is 15.5. The highest BCUT2D eigenvalue weighted by Gasteiger charge is 2.14. The minimum atomic E-state index is -3.43. The van der Waals surface area contributed by atoms with Crippen LogP contribution >= 0.6 is 11.3 Å². The summed E-state index contributed by atoms with van der Waals surface area (Å²) in [7, 11) is -3.43. The molecular formula is C14H16N2O3S2. The monoisotopic (exact) mass is 324 g/mol. The van der Waals surface area contributed by atoms with Gasteiger partial charge in [-0.15, -0.1) is 11.3 Å². The van der Waals surface area contributed by atoms with Crippen LogP contribution in [0.5, 0.6) is 0 Å². The molecule has 0 aliphatic heterocycles. The van der Waals surface area contributed by atoms with Gasteiger partial charge in [-0.2, -0.15) is 0 Å². The molecule has 0 saturated carbocycles. The minimum Gasteiger partial charge on any atom is -0.347 e. The maximum Gasteiger partial charge on any atom is 0.253 e. The van der Waals surface area contributed by atoms with E-state index in [-0.39, 0.29) is 11.6 Å². The first-order chi connectivity index (χ1) is 9.85. The van der Waals surface area contributed by atoms with Gasteiger partial charge in [-0.1, -0.05) is 17.7 Å². The zero-order chi connectivity index (χ0) is 15.5. The van der Waals surface area contributed by atoms with E-state index in [2.05, 4.69) is 10.0 Å². The standard InChI is InChI=1S/C14H16N2O3S2/c1-10-5-6-13(16-21(2,18)19)12(8-10)14(17)15-9-11-4-3-7-20-11/h3-8,16H,9H2,1-2H3,(H,15,17). The van der Waals surface area contributed by atoms with Crippen LogP contribution in [0.15, 0.2) is 35.7 Å². The molecule has 112 valence electrons. The highest BCUT2D eigenvalue weighted by molar-refractivity contribution is 7.92. The summed E-state index contributed by atoms with van der Waals surface area (Å²) in [5, 5.41) is 4.73. The molecule has 0 fully saturated rings. The van der Waals surface area contributed by atoms with Crippen LogP contribution in [0.3, 0.4) is 0 Å². The molecule has 0 aliphatic rings. The molecule has 1 aromatic carbocycles. The van der Waals surface area contributed by atoms with Crippen LogP contribution in [0, 0.1) is 6.92 Å². The van der Waals surface area contributed by atoms with Crippen molar-refractivity contribution in [2.45, 2.75) is 13.5 Å². The Balaban J connectivity index is 2.20. The summed E-state index contributed by atoms with van der Waals surface area (Å²) >= 11 is 1.55. The van der Waals surface area contributed by atoms with Crippen LogP contribution in [0.1, 0.15) is 20.8 Å². The Morgan fingerprint density at radius 2 is 2.05 bits per heavy atom. The summed E-state index contributed by atoms with van der Waals surface area (Å²) in [6.07, 6.45) is 1.06. The number of rotatable bonds is 5. The van der Waals surface area contributed by atoms with Crippen molar-refractivity contribution in [1.82, 2.24) is 5.32 Å². The second-order valence-corrected chi connectivity index (χ2v) is 7.47. The number of aryl methyl sites for hydroxylation is 1. The maximum atomic E-state index is 12.3. The van der Waals surface area contributed by atoms with Crippen molar-refractivity contribution >= 4 is 33.0 Å². The van der Waals surface area contributed by atoms with E-state index in [0.29, 0.717) is 12.1 Å². The molecule has 7 heteroatoms. The fourth-order valence-electron chi connectivity index (χ4n) is 1.81. The molecule has 0 aliphatic carbocycles. The maximum absolute atomic E-state index is 12.3. The molecule has 21 heavy (non-hydrogen) atoms. The van der Waals surface area contributed by atoms with Gasteiger partial charge in [-0.3, -0.25) is 9.52 Å². The molecule has 1 amide bonds. The fourth-order valence-corrected chi connectivity index (χ4v) is 3.03. The summed E-state index contributed by atoms with van der Waals surface area (Å²) < 4.78 is 25.1. The Hall–Kier alpha value is -1.86. The van der Waals surface area contributed by atoms with E-state index in [4.69, 9.17) is 0 Å². The Morgan fingerprint density at radius 1 is 1.29 bits per heavy atom. The van der Waals surface area contributed by atoms with Crippen LogP contribution in [-0.4, -0.2) is 20.6 Å². The molecule has 0 unspecified atom stereocenters. The Kier molecular flexibility index (Phi) is 4.64. The van der Waals surface area contributed by atoms with Gasteiger partial charge < -0.3 is 5.32 Å². The van der Waals surface area contributed by atoms with Crippen LogP contribution in [0.2, 0.25) is 0 Å². The third kappa shape index (κ3) is 4.57. The average Bonchev–Trinajstić information content (AvgIpc) is 2.89. The van der Waals surface area contributed by atoms with Crippen molar-refractivity contribution in [2.24, 2.45) is 0 Å². The van der Waals surface area contributed by atoms with E-state index in [1.807, 2.05) is 24.4 Å². The minimum absolute atomic E-state index is 0.284. The van der Waals surface area contributed by atoms with E-state index >= 15 is 0 Å². The second-order valence-electron chi connectivity index (χ2n) is 4.69. The van der Waals surface area contributed by atoms with Gasteiger partial charge in [-0.25, -0.2) is 8.42 Å². The van der Waals surface area contributed by atoms with E-state index in [9.17, 15) is 13.2 Å². The van der Waals surface area contributed by atoms with Crippen LogP contribution in [-0.2, 0) is 16.6 Å². The molecule has 0 spiro atoms. The second kappa shape index (κ2) is 6.28. The molecule has 2 rings (SSSR count). The average molecular weight is 324 g/mol. The quantitative estimate of drug-likeness (QED) is 0.886. The van der Waals surface area contributed by atoms with Gasteiger partial charge in [0.05, 0.1) is 24.1 Å². The molecule has 5 nitrogen and oxygen atoms in total. The summed E-state index contributed by atoms with van der Waals surface area (Å²) in [6.45, 7) is 2.27. The van der Waals surface area contributed by atoms with Gasteiger partial charge in [0, 0.05) is 4.88 Å². The van der Waals surface area contributed by atoms with Gasteiger partial charge in [-0.05, 0) is 30.5 Å². The van der Waals surface area contributed by atoms with Crippen molar-refractivity contribution in [2.75, 3.05) is 11.0 Å². The first-order valence-electron chi connectivity index (χ1n) is 6.24.